The molecule has 0 spiro atoms. The second kappa shape index (κ2) is 10.0. The van der Waals surface area contributed by atoms with E-state index in [1.165, 1.54) is 10.6 Å². The molecule has 1 N–H and O–H groups in total. The number of nitrogens with zero attached hydrogens (tertiary/aromatic N) is 4. The maximum absolute atomic E-state index is 15.0. The van der Waals surface area contributed by atoms with E-state index in [1.807, 2.05) is 0 Å². The maximum atomic E-state index is 15.0. The van der Waals surface area contributed by atoms with E-state index >= 15 is 4.39 Å². The number of halogens is 4. The third-order valence-corrected chi connectivity index (χ3v) is 6.45. The molecule has 0 saturated heterocycles. The summed E-state index contributed by atoms with van der Waals surface area (Å²) in [4.78, 5) is 29.4. The van der Waals surface area contributed by atoms with E-state index in [4.69, 9.17) is 4.42 Å². The lowest BCUT2D eigenvalue weighted by molar-refractivity contribution is -0.138. The molecule has 5 rings (SSSR count). The lowest BCUT2D eigenvalue weighted by atomic mass is 10.1. The Morgan fingerprint density at radius 2 is 1.87 bits per heavy atom. The smallest absolute Gasteiger partial charge is 0.423 e. The summed E-state index contributed by atoms with van der Waals surface area (Å²) in [5.41, 5.74) is -2.10. The lowest BCUT2D eigenvalue weighted by Crippen LogP contribution is -2.31. The molecule has 5 aromatic rings. The van der Waals surface area contributed by atoms with Gasteiger partial charge >= 0.3 is 6.18 Å². The molecular weight excluding hydrogens is 518 g/mol. The summed E-state index contributed by atoms with van der Waals surface area (Å²) in [5, 5.41) is 7.08. The van der Waals surface area contributed by atoms with Crippen molar-refractivity contribution in [2.24, 2.45) is 7.05 Å². The van der Waals surface area contributed by atoms with Gasteiger partial charge in [-0.1, -0.05) is 12.1 Å². The van der Waals surface area contributed by atoms with Crippen LogP contribution < -0.4 is 16.4 Å². The molecule has 12 heteroatoms. The van der Waals surface area contributed by atoms with Crippen molar-refractivity contribution >= 4 is 27.6 Å². The highest BCUT2D eigenvalue weighted by atomic mass is 19.4. The Morgan fingerprint density at radius 3 is 2.62 bits per heavy atom. The number of alkyl halides is 3. The number of fused-ring (bicyclic) bond motifs is 2. The van der Waals surface area contributed by atoms with Crippen LogP contribution in [0.25, 0.3) is 33.3 Å². The van der Waals surface area contributed by atoms with Crippen molar-refractivity contribution in [1.29, 1.82) is 0 Å². The van der Waals surface area contributed by atoms with Gasteiger partial charge in [-0.05, 0) is 55.5 Å². The lowest BCUT2D eigenvalue weighted by Gasteiger charge is -2.19. The molecule has 0 bridgehead atoms. The Kier molecular flexibility index (Phi) is 6.71. The van der Waals surface area contributed by atoms with Crippen molar-refractivity contribution in [1.82, 2.24) is 19.3 Å². The van der Waals surface area contributed by atoms with Crippen molar-refractivity contribution in [2.75, 3.05) is 5.32 Å². The highest BCUT2D eigenvalue weighted by Crippen LogP contribution is 2.32. The minimum Gasteiger partial charge on any atom is -0.436 e. The molecular formula is C27H23F4N5O3. The van der Waals surface area contributed by atoms with E-state index in [0.717, 1.165) is 19.3 Å². The Hall–Kier alpha value is -4.48. The third kappa shape index (κ3) is 5.14. The summed E-state index contributed by atoms with van der Waals surface area (Å²) in [6.45, 7) is 1.93. The number of aromatic nitrogens is 4. The summed E-state index contributed by atoms with van der Waals surface area (Å²) in [6, 6.07) is 11.0. The topological polar surface area (TPSA) is 94.9 Å². The zero-order valence-corrected chi connectivity index (χ0v) is 20.9. The van der Waals surface area contributed by atoms with Gasteiger partial charge in [-0.2, -0.15) is 18.3 Å². The van der Waals surface area contributed by atoms with Gasteiger partial charge in [0.1, 0.15) is 16.9 Å². The standard InChI is InChI=1S/C27H23F4N5O3/c1-15(33-21-14-32-35(2)26(38)23(21)27(29,30)31)6-5-10-36-11-9-16-12-18(19(28)13-17(16)25(36)37)24-34-20-7-3-4-8-22(20)39-24/h3-4,7-9,11-15,33H,5-6,10H2,1-2H3/t15-/m0/s1. The van der Waals surface area contributed by atoms with Gasteiger partial charge < -0.3 is 14.3 Å². The second-order valence-electron chi connectivity index (χ2n) is 9.27. The number of benzene rings is 2. The summed E-state index contributed by atoms with van der Waals surface area (Å²) >= 11 is 0. The van der Waals surface area contributed by atoms with Crippen molar-refractivity contribution in [3.8, 4) is 11.5 Å². The molecule has 39 heavy (non-hydrogen) atoms. The minimum atomic E-state index is -4.84. The molecule has 0 amide bonds. The monoisotopic (exact) mass is 541 g/mol. The number of anilines is 1. The van der Waals surface area contributed by atoms with Gasteiger partial charge in [-0.15, -0.1) is 0 Å². The largest absolute Gasteiger partial charge is 0.436 e. The Balaban J connectivity index is 1.31. The highest BCUT2D eigenvalue weighted by molar-refractivity contribution is 5.86. The second-order valence-corrected chi connectivity index (χ2v) is 9.27. The molecule has 0 fully saturated rings. The fourth-order valence-electron chi connectivity index (χ4n) is 4.46. The number of rotatable bonds is 7. The Bertz CT molecular complexity index is 1770. The SMILES string of the molecule is C[C@@H](CCCn1ccc2cc(-c3nc4ccccc4o3)c(F)cc2c1=O)Nc1cnn(C)c(=O)c1C(F)(F)F. The summed E-state index contributed by atoms with van der Waals surface area (Å²) < 4.78 is 63.0. The van der Waals surface area contributed by atoms with Crippen LogP contribution in [0.4, 0.5) is 23.2 Å². The fourth-order valence-corrected chi connectivity index (χ4v) is 4.46. The van der Waals surface area contributed by atoms with Crippen molar-refractivity contribution in [2.45, 2.75) is 38.5 Å². The molecule has 202 valence electrons. The summed E-state index contributed by atoms with van der Waals surface area (Å²) in [6.07, 6.45) is -1.46. The zero-order chi connectivity index (χ0) is 27.9. The zero-order valence-electron chi connectivity index (χ0n) is 20.9. The van der Waals surface area contributed by atoms with Crippen LogP contribution >= 0.6 is 0 Å². The third-order valence-electron chi connectivity index (χ3n) is 6.45. The van der Waals surface area contributed by atoms with E-state index in [1.54, 1.807) is 43.5 Å². The first-order valence-corrected chi connectivity index (χ1v) is 12.1. The number of aryl methyl sites for hydroxylation is 2. The van der Waals surface area contributed by atoms with Gasteiger partial charge in [-0.25, -0.2) is 14.1 Å². The van der Waals surface area contributed by atoms with Crippen LogP contribution in [0.5, 0.6) is 0 Å². The van der Waals surface area contributed by atoms with Crippen molar-refractivity contribution in [3.63, 3.8) is 0 Å². The molecule has 0 aliphatic heterocycles. The van der Waals surface area contributed by atoms with Crippen LogP contribution in [0, 0.1) is 5.82 Å². The quantitative estimate of drug-likeness (QED) is 0.280. The molecule has 0 saturated carbocycles. The summed E-state index contributed by atoms with van der Waals surface area (Å²) in [7, 11) is 1.15. The van der Waals surface area contributed by atoms with Gasteiger partial charge in [0, 0.05) is 25.8 Å². The molecule has 8 nitrogen and oxygen atoms in total. The van der Waals surface area contributed by atoms with E-state index in [-0.39, 0.29) is 23.4 Å². The molecule has 3 heterocycles. The number of oxazole rings is 1. The van der Waals surface area contributed by atoms with Crippen molar-refractivity contribution in [3.05, 3.63) is 86.9 Å². The number of hydrogen-bond acceptors (Lipinski definition) is 6. The average Bonchev–Trinajstić information content (AvgIpc) is 3.31. The number of pyridine rings is 1. The Labute approximate surface area is 218 Å². The van der Waals surface area contributed by atoms with E-state index in [2.05, 4.69) is 15.4 Å². The molecule has 0 aliphatic carbocycles. The van der Waals surface area contributed by atoms with E-state index < -0.39 is 40.4 Å². The minimum absolute atomic E-state index is 0.112. The van der Waals surface area contributed by atoms with E-state index in [9.17, 15) is 22.8 Å². The number of nitrogens with one attached hydrogen (secondary N) is 1. The Morgan fingerprint density at radius 1 is 1.10 bits per heavy atom. The average molecular weight is 542 g/mol. The number of para-hydroxylation sites is 2. The van der Waals surface area contributed by atoms with Crippen LogP contribution in [0.15, 0.2) is 68.9 Å². The predicted molar refractivity (Wildman–Crippen MR) is 138 cm³/mol. The maximum Gasteiger partial charge on any atom is 0.423 e. The summed E-state index contributed by atoms with van der Waals surface area (Å²) in [5.74, 6) is -0.536. The normalized spacial score (nSPS) is 12.8. The van der Waals surface area contributed by atoms with Gasteiger partial charge in [0.25, 0.3) is 11.1 Å². The number of hydrogen-bond donors (Lipinski definition) is 1. The molecule has 1 atom stereocenters. The van der Waals surface area contributed by atoms with Crippen LogP contribution in [0.1, 0.15) is 25.3 Å². The van der Waals surface area contributed by atoms with Crippen molar-refractivity contribution < 1.29 is 22.0 Å². The van der Waals surface area contributed by atoms with Gasteiger partial charge in [0.05, 0.1) is 22.8 Å². The van der Waals surface area contributed by atoms with Gasteiger partial charge in [0.2, 0.25) is 5.89 Å². The molecule has 0 aliphatic rings. The van der Waals surface area contributed by atoms with E-state index in [0.29, 0.717) is 34.0 Å². The molecule has 3 aromatic heterocycles. The predicted octanol–water partition coefficient (Wildman–Crippen LogP) is 5.34. The highest BCUT2D eigenvalue weighted by Gasteiger charge is 2.38. The van der Waals surface area contributed by atoms with Crippen LogP contribution in [-0.2, 0) is 19.8 Å². The van der Waals surface area contributed by atoms with Gasteiger partial charge in [-0.3, -0.25) is 9.59 Å². The van der Waals surface area contributed by atoms with Crippen LogP contribution in [-0.4, -0.2) is 25.4 Å². The molecule has 2 aromatic carbocycles. The molecule has 0 radical (unpaired) electrons. The molecule has 0 unspecified atom stereocenters. The van der Waals surface area contributed by atoms with Crippen LogP contribution in [0.2, 0.25) is 0 Å². The fraction of sp³-hybridized carbons (Fsp3) is 0.259. The first kappa shape index (κ1) is 26.1. The first-order valence-electron chi connectivity index (χ1n) is 12.1. The first-order chi connectivity index (χ1) is 18.5. The van der Waals surface area contributed by atoms with Gasteiger partial charge in [0.15, 0.2) is 5.58 Å². The van der Waals surface area contributed by atoms with Crippen LogP contribution in [0.3, 0.4) is 0 Å².